The number of hydrogen-bond acceptors (Lipinski definition) is 6. The quantitative estimate of drug-likeness (QED) is 0.754. The molecule has 1 unspecified atom stereocenters. The Bertz CT molecular complexity index is 799. The summed E-state index contributed by atoms with van der Waals surface area (Å²) < 4.78 is 26.9. The summed E-state index contributed by atoms with van der Waals surface area (Å²) in [5.41, 5.74) is 2.40. The van der Waals surface area contributed by atoms with Gasteiger partial charge in [-0.05, 0) is 11.1 Å². The van der Waals surface area contributed by atoms with E-state index in [0.717, 1.165) is 12.1 Å². The highest BCUT2D eigenvalue weighted by Gasteiger charge is 2.23. The van der Waals surface area contributed by atoms with Crippen LogP contribution in [0.1, 0.15) is 23.5 Å². The van der Waals surface area contributed by atoms with Crippen LogP contribution in [0, 0.1) is 0 Å². The van der Waals surface area contributed by atoms with Crippen LogP contribution in [0.4, 0.5) is 0 Å². The lowest BCUT2D eigenvalue weighted by atomic mass is 9.88. The third-order valence-corrected chi connectivity index (χ3v) is 4.68. The van der Waals surface area contributed by atoms with E-state index in [1.807, 2.05) is 36.4 Å². The van der Waals surface area contributed by atoms with Gasteiger partial charge in [0.15, 0.2) is 6.10 Å². The Morgan fingerprint density at radius 3 is 2.15 bits per heavy atom. The molecule has 138 valence electrons. The molecule has 7 heteroatoms. The Morgan fingerprint density at radius 2 is 1.69 bits per heavy atom. The van der Waals surface area contributed by atoms with Crippen molar-refractivity contribution < 1.29 is 17.4 Å². The first-order valence-corrected chi connectivity index (χ1v) is 10.2. The second-order valence-electron chi connectivity index (χ2n) is 6.21. The number of benzene rings is 2. The first kappa shape index (κ1) is 18.4. The van der Waals surface area contributed by atoms with Crippen molar-refractivity contribution in [2.75, 3.05) is 19.4 Å². The third kappa shape index (κ3) is 5.31. The molecule has 6 nitrogen and oxygen atoms in total. The van der Waals surface area contributed by atoms with E-state index in [1.165, 1.54) is 11.1 Å². The second kappa shape index (κ2) is 8.33. The maximum Gasteiger partial charge on any atom is 0.264 e. The highest BCUT2D eigenvalue weighted by Crippen LogP contribution is 2.28. The molecule has 2 aromatic rings. The van der Waals surface area contributed by atoms with Crippen LogP contribution in [0.15, 0.2) is 65.8 Å². The fourth-order valence-electron chi connectivity index (χ4n) is 2.83. The van der Waals surface area contributed by atoms with Gasteiger partial charge in [-0.1, -0.05) is 65.8 Å². The van der Waals surface area contributed by atoms with Crippen molar-refractivity contribution in [2.24, 2.45) is 5.16 Å². The Labute approximate surface area is 153 Å². The van der Waals surface area contributed by atoms with Crippen molar-refractivity contribution in [3.63, 3.8) is 0 Å². The van der Waals surface area contributed by atoms with E-state index in [0.29, 0.717) is 13.0 Å². The zero-order chi connectivity index (χ0) is 18.4. The molecule has 1 heterocycles. The molecule has 0 radical (unpaired) electrons. The lowest BCUT2D eigenvalue weighted by molar-refractivity contribution is 0.0186. The molecule has 0 amide bonds. The summed E-state index contributed by atoms with van der Waals surface area (Å²) in [4.78, 5) is 5.39. The molecular weight excluding hydrogens is 352 g/mol. The van der Waals surface area contributed by atoms with E-state index in [9.17, 15) is 8.42 Å². The molecule has 26 heavy (non-hydrogen) atoms. The van der Waals surface area contributed by atoms with Crippen LogP contribution in [-0.2, 0) is 19.1 Å². The summed E-state index contributed by atoms with van der Waals surface area (Å²) in [6.07, 6.45) is 1.25. The SMILES string of the molecule is CS(=O)(=O)OCC1CNC(CC(c2ccccc2)c2ccccc2)=NO1. The molecular formula is C19H22N2O4S. The number of hydrogen-bond donors (Lipinski definition) is 1. The van der Waals surface area contributed by atoms with Crippen LogP contribution in [0.2, 0.25) is 0 Å². The average molecular weight is 374 g/mol. The Hall–Kier alpha value is -2.38. The van der Waals surface area contributed by atoms with Crippen molar-refractivity contribution in [1.29, 1.82) is 0 Å². The van der Waals surface area contributed by atoms with Crippen LogP contribution in [-0.4, -0.2) is 39.8 Å². The number of rotatable bonds is 7. The summed E-state index contributed by atoms with van der Waals surface area (Å²) in [6.45, 7) is 0.397. The van der Waals surface area contributed by atoms with Crippen molar-refractivity contribution >= 4 is 16.0 Å². The van der Waals surface area contributed by atoms with Crippen molar-refractivity contribution in [3.05, 3.63) is 71.8 Å². The van der Waals surface area contributed by atoms with Gasteiger partial charge in [-0.25, -0.2) is 0 Å². The van der Waals surface area contributed by atoms with E-state index in [-0.39, 0.29) is 12.5 Å². The molecule has 3 rings (SSSR count). The van der Waals surface area contributed by atoms with E-state index in [2.05, 4.69) is 34.7 Å². The molecule has 0 aliphatic carbocycles. The minimum absolute atomic E-state index is 0.0522. The summed E-state index contributed by atoms with van der Waals surface area (Å²) in [7, 11) is -3.48. The monoisotopic (exact) mass is 374 g/mol. The zero-order valence-electron chi connectivity index (χ0n) is 14.5. The van der Waals surface area contributed by atoms with Gasteiger partial charge >= 0.3 is 0 Å². The largest absolute Gasteiger partial charge is 0.387 e. The van der Waals surface area contributed by atoms with Gasteiger partial charge in [-0.2, -0.15) is 8.42 Å². The van der Waals surface area contributed by atoms with Crippen LogP contribution >= 0.6 is 0 Å². The minimum atomic E-state index is -3.48. The van der Waals surface area contributed by atoms with Crippen molar-refractivity contribution in [1.82, 2.24) is 5.32 Å². The summed E-state index contributed by atoms with van der Waals surface area (Å²) in [5.74, 6) is 0.884. The van der Waals surface area contributed by atoms with E-state index >= 15 is 0 Å². The smallest absolute Gasteiger partial charge is 0.264 e. The van der Waals surface area contributed by atoms with Gasteiger partial charge in [0.25, 0.3) is 10.1 Å². The lowest BCUT2D eigenvalue weighted by Crippen LogP contribution is -2.41. The Morgan fingerprint density at radius 1 is 1.12 bits per heavy atom. The van der Waals surface area contributed by atoms with Crippen LogP contribution in [0.3, 0.4) is 0 Å². The van der Waals surface area contributed by atoms with Crippen LogP contribution in [0.25, 0.3) is 0 Å². The molecule has 0 spiro atoms. The molecule has 2 aromatic carbocycles. The minimum Gasteiger partial charge on any atom is -0.387 e. The molecule has 0 saturated heterocycles. The van der Waals surface area contributed by atoms with Gasteiger partial charge in [-0.3, -0.25) is 4.18 Å². The molecule has 1 atom stereocenters. The molecule has 1 N–H and O–H groups in total. The Kier molecular flexibility index (Phi) is 5.90. The van der Waals surface area contributed by atoms with Crippen LogP contribution in [0.5, 0.6) is 0 Å². The molecule has 1 aliphatic rings. The fraction of sp³-hybridized carbons (Fsp3) is 0.316. The fourth-order valence-corrected chi connectivity index (χ4v) is 3.23. The second-order valence-corrected chi connectivity index (χ2v) is 7.86. The van der Waals surface area contributed by atoms with Gasteiger partial charge < -0.3 is 10.2 Å². The molecule has 0 aromatic heterocycles. The topological polar surface area (TPSA) is 77.0 Å². The zero-order valence-corrected chi connectivity index (χ0v) is 15.4. The molecule has 1 aliphatic heterocycles. The number of nitrogens with one attached hydrogen (secondary N) is 1. The molecule has 0 bridgehead atoms. The van der Waals surface area contributed by atoms with E-state index in [1.54, 1.807) is 0 Å². The van der Waals surface area contributed by atoms with Gasteiger partial charge in [0.1, 0.15) is 12.4 Å². The predicted octanol–water partition coefficient (Wildman–Crippen LogP) is 2.49. The maximum absolute atomic E-state index is 11.1. The summed E-state index contributed by atoms with van der Waals surface area (Å²) in [6, 6.07) is 20.5. The molecule has 0 fully saturated rings. The van der Waals surface area contributed by atoms with Gasteiger partial charge in [0, 0.05) is 12.3 Å². The van der Waals surface area contributed by atoms with Gasteiger partial charge in [0.2, 0.25) is 0 Å². The van der Waals surface area contributed by atoms with Gasteiger partial charge in [0.05, 0.1) is 12.8 Å². The number of amidine groups is 1. The maximum atomic E-state index is 11.1. The van der Waals surface area contributed by atoms with E-state index < -0.39 is 16.2 Å². The highest BCUT2D eigenvalue weighted by atomic mass is 32.2. The van der Waals surface area contributed by atoms with Gasteiger partial charge in [-0.15, -0.1) is 0 Å². The lowest BCUT2D eigenvalue weighted by Gasteiger charge is -2.25. The first-order chi connectivity index (χ1) is 12.5. The highest BCUT2D eigenvalue weighted by molar-refractivity contribution is 7.85. The number of nitrogens with zero attached hydrogens (tertiary/aromatic N) is 1. The predicted molar refractivity (Wildman–Crippen MR) is 100 cm³/mol. The van der Waals surface area contributed by atoms with Crippen LogP contribution < -0.4 is 5.32 Å². The first-order valence-electron chi connectivity index (χ1n) is 8.42. The normalized spacial score (nSPS) is 17.3. The Balaban J connectivity index is 1.69. The standard InChI is InChI=1S/C19H22N2O4S/c1-26(22,23)24-14-17-13-20-19(21-25-17)12-18(15-8-4-2-5-9-15)16-10-6-3-7-11-16/h2-11,17-18H,12-14H2,1H3,(H,20,21). The third-order valence-electron chi connectivity index (χ3n) is 4.12. The van der Waals surface area contributed by atoms with E-state index in [4.69, 9.17) is 9.02 Å². The van der Waals surface area contributed by atoms with Crippen molar-refractivity contribution in [3.8, 4) is 0 Å². The van der Waals surface area contributed by atoms with Crippen molar-refractivity contribution in [2.45, 2.75) is 18.4 Å². The number of oxime groups is 1. The average Bonchev–Trinajstić information content (AvgIpc) is 2.66. The molecule has 0 saturated carbocycles. The summed E-state index contributed by atoms with van der Waals surface area (Å²) >= 11 is 0. The summed E-state index contributed by atoms with van der Waals surface area (Å²) in [5, 5.41) is 7.36.